The molecule has 1 atom stereocenters. The van der Waals surface area contributed by atoms with Crippen LogP contribution in [0.5, 0.6) is 5.75 Å². The molecule has 0 radical (unpaired) electrons. The van der Waals surface area contributed by atoms with Gasteiger partial charge in [-0.1, -0.05) is 12.1 Å². The highest BCUT2D eigenvalue weighted by Gasteiger charge is 2.25. The highest BCUT2D eigenvalue weighted by Crippen LogP contribution is 2.39. The first kappa shape index (κ1) is 16.7. The van der Waals surface area contributed by atoms with Crippen LogP contribution in [0.4, 0.5) is 0 Å². The number of benzene rings is 2. The smallest absolute Gasteiger partial charge is 0.306 e. The van der Waals surface area contributed by atoms with E-state index in [1.165, 1.54) is 7.11 Å². The number of rotatable bonds is 5. The van der Waals surface area contributed by atoms with E-state index in [4.69, 9.17) is 4.74 Å². The highest BCUT2D eigenvalue weighted by atomic mass is 32.2. The van der Waals surface area contributed by atoms with Crippen LogP contribution < -0.4 is 0 Å². The fourth-order valence-corrected chi connectivity index (χ4v) is 3.63. The predicted octanol–water partition coefficient (Wildman–Crippen LogP) is 3.81. The van der Waals surface area contributed by atoms with E-state index in [0.717, 1.165) is 22.2 Å². The molecule has 0 amide bonds. The lowest BCUT2D eigenvalue weighted by Crippen LogP contribution is -2.11. The van der Waals surface area contributed by atoms with E-state index in [2.05, 4.69) is 8.75 Å². The fraction of sp³-hybridized carbons (Fsp3) is 0.235. The zero-order chi connectivity index (χ0) is 17.1. The minimum absolute atomic E-state index is 0.109. The third-order valence-corrected chi connectivity index (χ3v) is 5.20. The summed E-state index contributed by atoms with van der Waals surface area (Å²) in [7, 11) is 1.36. The van der Waals surface area contributed by atoms with Gasteiger partial charge in [-0.15, -0.1) is 11.8 Å². The third kappa shape index (κ3) is 3.22. The molecule has 0 aliphatic carbocycles. The fourth-order valence-electron chi connectivity index (χ4n) is 2.68. The van der Waals surface area contributed by atoms with Gasteiger partial charge in [-0.25, -0.2) is 0 Å². The zero-order valence-corrected chi connectivity index (χ0v) is 14.9. The van der Waals surface area contributed by atoms with Gasteiger partial charge in [0.25, 0.3) is 0 Å². The monoisotopic (exact) mass is 360 g/mol. The van der Waals surface area contributed by atoms with Crippen molar-refractivity contribution in [2.24, 2.45) is 0 Å². The number of esters is 1. The summed E-state index contributed by atoms with van der Waals surface area (Å²) < 4.78 is 13.4. The number of phenolic OH excluding ortho intramolecular Hbond substituents is 1. The maximum atomic E-state index is 11.9. The summed E-state index contributed by atoms with van der Waals surface area (Å²) in [5.41, 5.74) is 2.88. The number of carbonyl (C=O) groups excluding carboxylic acids is 1. The molecular formula is C17H16N2O3S2. The van der Waals surface area contributed by atoms with Gasteiger partial charge in [0, 0.05) is 16.4 Å². The number of fused-ring (bicyclic) bond motifs is 1. The van der Waals surface area contributed by atoms with Crippen LogP contribution in [-0.2, 0) is 9.53 Å². The first-order valence-electron chi connectivity index (χ1n) is 7.29. The highest BCUT2D eigenvalue weighted by molar-refractivity contribution is 7.98. The largest absolute Gasteiger partial charge is 0.508 e. The molecule has 0 spiro atoms. The molecule has 0 bridgehead atoms. The SMILES string of the molecule is COC(=O)CC(c1ccc(SC)cc1)c1c(O)ccc2nsnc12. The summed E-state index contributed by atoms with van der Waals surface area (Å²) in [6.45, 7) is 0. The lowest BCUT2D eigenvalue weighted by atomic mass is 9.87. The van der Waals surface area contributed by atoms with Crippen LogP contribution in [0.25, 0.3) is 11.0 Å². The number of nitrogens with zero attached hydrogens (tertiary/aromatic N) is 2. The van der Waals surface area contributed by atoms with Crippen molar-refractivity contribution in [2.45, 2.75) is 17.2 Å². The topological polar surface area (TPSA) is 72.3 Å². The maximum absolute atomic E-state index is 11.9. The number of hydrogen-bond acceptors (Lipinski definition) is 7. The Labute approximate surface area is 148 Å². The van der Waals surface area contributed by atoms with Crippen LogP contribution in [0.3, 0.4) is 0 Å². The molecule has 0 aliphatic rings. The molecule has 24 heavy (non-hydrogen) atoms. The van der Waals surface area contributed by atoms with Gasteiger partial charge in [-0.3, -0.25) is 4.79 Å². The van der Waals surface area contributed by atoms with E-state index in [1.807, 2.05) is 30.5 Å². The van der Waals surface area contributed by atoms with Crippen molar-refractivity contribution in [1.82, 2.24) is 8.75 Å². The molecule has 0 saturated heterocycles. The Morgan fingerprint density at radius 2 is 2.00 bits per heavy atom. The van der Waals surface area contributed by atoms with Crippen LogP contribution in [0.15, 0.2) is 41.3 Å². The van der Waals surface area contributed by atoms with Gasteiger partial charge in [0.2, 0.25) is 0 Å². The van der Waals surface area contributed by atoms with Crippen molar-refractivity contribution in [3.8, 4) is 5.75 Å². The van der Waals surface area contributed by atoms with Gasteiger partial charge >= 0.3 is 5.97 Å². The summed E-state index contributed by atoms with van der Waals surface area (Å²) >= 11 is 2.74. The molecular weight excluding hydrogens is 344 g/mol. The molecule has 1 heterocycles. The Hall–Kier alpha value is -2.12. The summed E-state index contributed by atoms with van der Waals surface area (Å²) in [6.07, 6.45) is 2.13. The van der Waals surface area contributed by atoms with E-state index in [0.29, 0.717) is 16.6 Å². The molecule has 5 nitrogen and oxygen atoms in total. The molecule has 0 fully saturated rings. The lowest BCUT2D eigenvalue weighted by molar-refractivity contribution is -0.140. The molecule has 3 aromatic rings. The second-order valence-electron chi connectivity index (χ2n) is 5.24. The van der Waals surface area contributed by atoms with Crippen molar-refractivity contribution >= 4 is 40.5 Å². The van der Waals surface area contributed by atoms with Crippen LogP contribution in [0.1, 0.15) is 23.5 Å². The number of hydrogen-bond donors (Lipinski definition) is 1. The maximum Gasteiger partial charge on any atom is 0.306 e. The number of aromatic nitrogens is 2. The number of ether oxygens (including phenoxy) is 1. The Morgan fingerprint density at radius 1 is 1.25 bits per heavy atom. The van der Waals surface area contributed by atoms with Crippen LogP contribution in [0.2, 0.25) is 0 Å². The number of thioether (sulfide) groups is 1. The van der Waals surface area contributed by atoms with Crippen LogP contribution >= 0.6 is 23.5 Å². The second-order valence-corrected chi connectivity index (χ2v) is 6.64. The van der Waals surface area contributed by atoms with Crippen molar-refractivity contribution in [3.63, 3.8) is 0 Å². The summed E-state index contributed by atoms with van der Waals surface area (Å²) in [6, 6.07) is 11.3. The van der Waals surface area contributed by atoms with Gasteiger partial charge in [0.1, 0.15) is 16.8 Å². The van der Waals surface area contributed by atoms with Gasteiger partial charge in [-0.05, 0) is 36.1 Å². The Morgan fingerprint density at radius 3 is 2.67 bits per heavy atom. The van der Waals surface area contributed by atoms with Gasteiger partial charge < -0.3 is 9.84 Å². The summed E-state index contributed by atoms with van der Waals surface area (Å²) in [4.78, 5) is 13.1. The van der Waals surface area contributed by atoms with E-state index < -0.39 is 0 Å². The standard InChI is InChI=1S/C17H16N2O3S2/c1-22-15(21)9-12(10-3-5-11(23-2)6-4-10)16-14(20)8-7-13-17(16)19-24-18-13/h3-8,12,20H,9H2,1-2H3. The van der Waals surface area contributed by atoms with Crippen molar-refractivity contribution < 1.29 is 14.6 Å². The quantitative estimate of drug-likeness (QED) is 0.551. The number of aromatic hydroxyl groups is 1. The zero-order valence-electron chi connectivity index (χ0n) is 13.2. The molecule has 1 N–H and O–H groups in total. The van der Waals surface area contributed by atoms with Gasteiger partial charge in [0.15, 0.2) is 0 Å². The van der Waals surface area contributed by atoms with Gasteiger partial charge in [0.05, 0.1) is 25.3 Å². The second kappa shape index (κ2) is 7.19. The first-order chi connectivity index (χ1) is 11.6. The Bertz CT molecular complexity index is 862. The molecule has 124 valence electrons. The normalized spacial score (nSPS) is 12.2. The third-order valence-electron chi connectivity index (χ3n) is 3.91. The Balaban J connectivity index is 2.14. The molecule has 0 saturated carbocycles. The van der Waals surface area contributed by atoms with E-state index in [9.17, 15) is 9.90 Å². The minimum Gasteiger partial charge on any atom is -0.508 e. The van der Waals surface area contributed by atoms with Crippen LogP contribution in [0, 0.1) is 0 Å². The lowest BCUT2D eigenvalue weighted by Gasteiger charge is -2.18. The summed E-state index contributed by atoms with van der Waals surface area (Å²) in [5, 5.41) is 10.4. The average Bonchev–Trinajstić information content (AvgIpc) is 3.08. The molecule has 3 rings (SSSR count). The number of phenols is 1. The van der Waals surface area contributed by atoms with Crippen molar-refractivity contribution in [2.75, 3.05) is 13.4 Å². The van der Waals surface area contributed by atoms with Crippen molar-refractivity contribution in [3.05, 3.63) is 47.5 Å². The molecule has 2 aromatic carbocycles. The van der Waals surface area contributed by atoms with Crippen LogP contribution in [-0.4, -0.2) is 33.2 Å². The minimum atomic E-state index is -0.346. The molecule has 7 heteroatoms. The number of carbonyl (C=O) groups is 1. The predicted molar refractivity (Wildman–Crippen MR) is 95.8 cm³/mol. The van der Waals surface area contributed by atoms with E-state index in [1.54, 1.807) is 23.9 Å². The summed E-state index contributed by atoms with van der Waals surface area (Å²) in [5.74, 6) is -0.576. The van der Waals surface area contributed by atoms with Gasteiger partial charge in [-0.2, -0.15) is 8.75 Å². The molecule has 1 unspecified atom stereocenters. The van der Waals surface area contributed by atoms with E-state index >= 15 is 0 Å². The molecule has 0 aliphatic heterocycles. The first-order valence-corrected chi connectivity index (χ1v) is 9.24. The molecule has 1 aromatic heterocycles. The number of methoxy groups -OCH3 is 1. The van der Waals surface area contributed by atoms with Crippen molar-refractivity contribution in [1.29, 1.82) is 0 Å². The van der Waals surface area contributed by atoms with E-state index in [-0.39, 0.29) is 24.1 Å². The average molecular weight is 360 g/mol. The Kier molecular flexibility index (Phi) is 5.01.